The minimum atomic E-state index is 0.690. The molecule has 0 aliphatic carbocycles. The summed E-state index contributed by atoms with van der Waals surface area (Å²) < 4.78 is 7.93. The standard InChI is InChI=1S/C22H23N2OS/c1-4-24-13-12-16(18-8-6-7-9-19(18)24)14-22-23(3)20-11-10-17(25-5-2)15-21(20)26-22/h6-15H,4-5H2,1-3H3/q+1. The maximum absolute atomic E-state index is 5.65. The molecule has 4 heteroatoms. The molecule has 0 amide bonds. The number of para-hydroxylation sites is 1. The van der Waals surface area contributed by atoms with Crippen LogP contribution in [-0.2, 0) is 6.54 Å². The van der Waals surface area contributed by atoms with Crippen LogP contribution in [0, 0.1) is 0 Å². The number of pyridine rings is 1. The number of hydrogen-bond acceptors (Lipinski definition) is 3. The maximum atomic E-state index is 5.65. The summed E-state index contributed by atoms with van der Waals surface area (Å²) >= 11 is 1.80. The van der Waals surface area contributed by atoms with Crippen LogP contribution in [0.5, 0.6) is 5.75 Å². The van der Waals surface area contributed by atoms with Crippen LogP contribution in [-0.4, -0.2) is 13.7 Å². The van der Waals surface area contributed by atoms with Crippen LogP contribution < -0.4 is 14.2 Å². The molecule has 0 N–H and O–H groups in total. The van der Waals surface area contributed by atoms with Crippen molar-refractivity contribution in [1.82, 2.24) is 0 Å². The number of nitrogens with zero attached hydrogens (tertiary/aromatic N) is 2. The summed E-state index contributed by atoms with van der Waals surface area (Å²) in [5.41, 5.74) is 3.75. The fourth-order valence-electron chi connectivity index (χ4n) is 3.38. The molecule has 2 aromatic carbocycles. The van der Waals surface area contributed by atoms with E-state index >= 15 is 0 Å². The Labute approximate surface area is 158 Å². The summed E-state index contributed by atoms with van der Waals surface area (Å²) in [6.45, 7) is 5.85. The van der Waals surface area contributed by atoms with Gasteiger partial charge >= 0.3 is 0 Å². The molecule has 132 valence electrons. The van der Waals surface area contributed by atoms with Gasteiger partial charge in [-0.15, -0.1) is 0 Å². The number of fused-ring (bicyclic) bond motifs is 2. The van der Waals surface area contributed by atoms with Crippen molar-refractivity contribution in [3.05, 3.63) is 65.3 Å². The van der Waals surface area contributed by atoms with Crippen LogP contribution in [0.15, 0.2) is 64.7 Å². The summed E-state index contributed by atoms with van der Waals surface area (Å²) in [4.78, 5) is 3.50. The largest absolute Gasteiger partial charge is 0.494 e. The van der Waals surface area contributed by atoms with Crippen LogP contribution >= 0.6 is 11.8 Å². The molecular formula is C22H23N2OS+. The zero-order chi connectivity index (χ0) is 18.1. The Balaban J connectivity index is 1.75. The highest BCUT2D eigenvalue weighted by atomic mass is 32.2. The van der Waals surface area contributed by atoms with E-state index in [-0.39, 0.29) is 0 Å². The first kappa shape index (κ1) is 17.0. The van der Waals surface area contributed by atoms with E-state index in [9.17, 15) is 0 Å². The Morgan fingerprint density at radius 1 is 1.12 bits per heavy atom. The van der Waals surface area contributed by atoms with Gasteiger partial charge in [0.1, 0.15) is 12.3 Å². The van der Waals surface area contributed by atoms with Crippen molar-refractivity contribution in [3.63, 3.8) is 0 Å². The molecule has 0 saturated heterocycles. The number of rotatable bonds is 4. The van der Waals surface area contributed by atoms with Gasteiger partial charge in [-0.25, -0.2) is 0 Å². The number of aryl methyl sites for hydroxylation is 1. The molecular weight excluding hydrogens is 340 g/mol. The first-order valence-corrected chi connectivity index (χ1v) is 9.84. The molecule has 0 spiro atoms. The van der Waals surface area contributed by atoms with Crippen LogP contribution in [0.2, 0.25) is 0 Å². The average Bonchev–Trinajstić information content (AvgIpc) is 2.97. The minimum absolute atomic E-state index is 0.690. The third kappa shape index (κ3) is 2.95. The van der Waals surface area contributed by atoms with Gasteiger partial charge in [-0.2, -0.15) is 4.57 Å². The number of thioether (sulfide) groups is 1. The second kappa shape index (κ2) is 7.04. The third-order valence-electron chi connectivity index (χ3n) is 4.73. The van der Waals surface area contributed by atoms with Crippen molar-refractivity contribution in [1.29, 1.82) is 0 Å². The zero-order valence-corrected chi connectivity index (χ0v) is 16.2. The molecule has 0 fully saturated rings. The van der Waals surface area contributed by atoms with Gasteiger partial charge in [0, 0.05) is 24.1 Å². The van der Waals surface area contributed by atoms with Gasteiger partial charge in [-0.3, -0.25) is 0 Å². The fraction of sp³-hybridized carbons (Fsp3) is 0.227. The maximum Gasteiger partial charge on any atom is 0.213 e. The normalized spacial score (nSPS) is 14.9. The second-order valence-corrected chi connectivity index (χ2v) is 7.34. The van der Waals surface area contributed by atoms with Crippen molar-refractivity contribution in [2.45, 2.75) is 25.3 Å². The van der Waals surface area contributed by atoms with Gasteiger partial charge in [-0.1, -0.05) is 23.9 Å². The van der Waals surface area contributed by atoms with E-state index in [0.717, 1.165) is 12.3 Å². The van der Waals surface area contributed by atoms with E-state index in [0.29, 0.717) is 6.61 Å². The van der Waals surface area contributed by atoms with Crippen molar-refractivity contribution >= 4 is 34.4 Å². The van der Waals surface area contributed by atoms with E-state index < -0.39 is 0 Å². The predicted molar refractivity (Wildman–Crippen MR) is 110 cm³/mol. The molecule has 1 aliphatic rings. The summed E-state index contributed by atoms with van der Waals surface area (Å²) in [5.74, 6) is 0.933. The van der Waals surface area contributed by atoms with E-state index in [1.807, 2.05) is 13.0 Å². The zero-order valence-electron chi connectivity index (χ0n) is 15.4. The molecule has 2 heterocycles. The lowest BCUT2D eigenvalue weighted by Crippen LogP contribution is -2.32. The highest BCUT2D eigenvalue weighted by Gasteiger charge is 2.23. The molecule has 1 aromatic heterocycles. The molecule has 0 unspecified atom stereocenters. The molecule has 26 heavy (non-hydrogen) atoms. The number of aromatic nitrogens is 1. The Hall–Kier alpha value is -2.46. The van der Waals surface area contributed by atoms with E-state index in [2.05, 4.69) is 78.2 Å². The second-order valence-electron chi connectivity index (χ2n) is 6.28. The monoisotopic (exact) mass is 363 g/mol. The lowest BCUT2D eigenvalue weighted by molar-refractivity contribution is -0.667. The van der Waals surface area contributed by atoms with E-state index in [1.54, 1.807) is 11.8 Å². The van der Waals surface area contributed by atoms with Gasteiger partial charge < -0.3 is 9.64 Å². The molecule has 3 aromatic rings. The summed E-state index contributed by atoms with van der Waals surface area (Å²) in [5, 5.41) is 2.51. The van der Waals surface area contributed by atoms with E-state index in [1.165, 1.54) is 32.1 Å². The van der Waals surface area contributed by atoms with Crippen LogP contribution in [0.1, 0.15) is 19.4 Å². The van der Waals surface area contributed by atoms with Crippen molar-refractivity contribution in [2.24, 2.45) is 0 Å². The Morgan fingerprint density at radius 2 is 1.96 bits per heavy atom. The number of ether oxygens (including phenoxy) is 1. The van der Waals surface area contributed by atoms with Gasteiger partial charge in [0.05, 0.1) is 22.7 Å². The molecule has 1 aliphatic heterocycles. The quantitative estimate of drug-likeness (QED) is 0.601. The molecule has 0 atom stereocenters. The van der Waals surface area contributed by atoms with Crippen molar-refractivity contribution < 1.29 is 9.30 Å². The number of anilines is 1. The Bertz CT molecular complexity index is 997. The summed E-state index contributed by atoms with van der Waals surface area (Å²) in [6.07, 6.45) is 4.46. The van der Waals surface area contributed by atoms with Crippen molar-refractivity contribution in [2.75, 3.05) is 18.6 Å². The Morgan fingerprint density at radius 3 is 2.77 bits per heavy atom. The number of hydrogen-bond donors (Lipinski definition) is 0. The van der Waals surface area contributed by atoms with Gasteiger partial charge in [-0.05, 0) is 49.8 Å². The Kier molecular flexibility index (Phi) is 4.60. The first-order valence-electron chi connectivity index (χ1n) is 9.02. The van der Waals surface area contributed by atoms with Gasteiger partial charge in [0.2, 0.25) is 5.52 Å². The SMILES string of the molecule is CCOc1ccc2c(c1)S/C(=C\c1cc[n+](CC)c3ccccc13)N2C. The van der Waals surface area contributed by atoms with Gasteiger partial charge in [0.25, 0.3) is 0 Å². The minimum Gasteiger partial charge on any atom is -0.494 e. The summed E-state index contributed by atoms with van der Waals surface area (Å²) in [6, 6.07) is 17.1. The van der Waals surface area contributed by atoms with Crippen molar-refractivity contribution in [3.8, 4) is 5.75 Å². The molecule has 0 saturated carbocycles. The van der Waals surface area contributed by atoms with Gasteiger partial charge in [0.15, 0.2) is 6.20 Å². The highest BCUT2D eigenvalue weighted by Crippen LogP contribution is 2.47. The summed E-state index contributed by atoms with van der Waals surface area (Å²) in [7, 11) is 2.13. The molecule has 0 radical (unpaired) electrons. The number of benzene rings is 2. The lowest BCUT2D eigenvalue weighted by Gasteiger charge is -2.14. The topological polar surface area (TPSA) is 16.4 Å². The third-order valence-corrected chi connectivity index (χ3v) is 5.87. The molecule has 4 rings (SSSR count). The average molecular weight is 364 g/mol. The van der Waals surface area contributed by atoms with Crippen LogP contribution in [0.25, 0.3) is 17.0 Å². The van der Waals surface area contributed by atoms with Crippen LogP contribution in [0.3, 0.4) is 0 Å². The first-order chi connectivity index (χ1) is 12.7. The predicted octanol–water partition coefficient (Wildman–Crippen LogP) is 5.09. The fourth-order valence-corrected chi connectivity index (χ4v) is 4.51. The smallest absolute Gasteiger partial charge is 0.213 e. The van der Waals surface area contributed by atoms with E-state index in [4.69, 9.17) is 4.74 Å². The highest BCUT2D eigenvalue weighted by molar-refractivity contribution is 8.03. The molecule has 3 nitrogen and oxygen atoms in total. The lowest BCUT2D eigenvalue weighted by atomic mass is 10.1. The van der Waals surface area contributed by atoms with Crippen LogP contribution in [0.4, 0.5) is 5.69 Å². The molecule has 0 bridgehead atoms.